The zero-order chi connectivity index (χ0) is 13.4. The minimum absolute atomic E-state index is 0.164. The predicted octanol–water partition coefficient (Wildman–Crippen LogP) is 1.61. The topological polar surface area (TPSA) is 72.5 Å². The molecule has 0 radical (unpaired) electrons. The molecule has 1 aromatic carbocycles. The number of carbonyl (C=O) groups is 1. The number of aliphatic hydroxyl groups excluding tert-OH is 1. The number of rotatable bonds is 7. The quantitative estimate of drug-likeness (QED) is 0.722. The molecular weight excluding hydrogens is 230 g/mol. The van der Waals surface area contributed by atoms with Gasteiger partial charge in [0, 0.05) is 6.04 Å². The standard InChI is InChI=1S/C14H21NO3/c1-2-3-9-12(15)13(16)14(17)18-10-11-7-5-4-6-8-11/h4-8,12-13,16H,2-3,9-10,15H2,1H3. The lowest BCUT2D eigenvalue weighted by Gasteiger charge is -2.17. The molecule has 0 aromatic heterocycles. The molecule has 0 heterocycles. The van der Waals surface area contributed by atoms with E-state index in [-0.39, 0.29) is 6.61 Å². The van der Waals surface area contributed by atoms with Crippen molar-refractivity contribution in [1.82, 2.24) is 0 Å². The summed E-state index contributed by atoms with van der Waals surface area (Å²) in [5.74, 6) is -0.651. The van der Waals surface area contributed by atoms with Crippen LogP contribution in [0.3, 0.4) is 0 Å². The van der Waals surface area contributed by atoms with Gasteiger partial charge >= 0.3 is 5.97 Å². The third-order valence-corrected chi connectivity index (χ3v) is 2.76. The molecule has 4 heteroatoms. The highest BCUT2D eigenvalue weighted by Crippen LogP contribution is 2.06. The second-order valence-electron chi connectivity index (χ2n) is 4.34. The fourth-order valence-corrected chi connectivity index (χ4v) is 1.59. The molecule has 100 valence electrons. The van der Waals surface area contributed by atoms with E-state index in [9.17, 15) is 9.90 Å². The van der Waals surface area contributed by atoms with Gasteiger partial charge in [0.1, 0.15) is 6.61 Å². The highest BCUT2D eigenvalue weighted by Gasteiger charge is 2.23. The van der Waals surface area contributed by atoms with Crippen LogP contribution in [0.1, 0.15) is 31.7 Å². The Bertz CT molecular complexity index is 353. The van der Waals surface area contributed by atoms with Crippen LogP contribution >= 0.6 is 0 Å². The molecule has 2 unspecified atom stereocenters. The Kier molecular flexibility index (Phi) is 6.39. The Morgan fingerprint density at radius 2 is 2.06 bits per heavy atom. The monoisotopic (exact) mass is 251 g/mol. The molecule has 1 rings (SSSR count). The number of ether oxygens (including phenoxy) is 1. The zero-order valence-electron chi connectivity index (χ0n) is 10.7. The number of aliphatic hydroxyl groups is 1. The highest BCUT2D eigenvalue weighted by atomic mass is 16.5. The van der Waals surface area contributed by atoms with Gasteiger partial charge in [-0.3, -0.25) is 0 Å². The van der Waals surface area contributed by atoms with Crippen LogP contribution in [0.25, 0.3) is 0 Å². The average molecular weight is 251 g/mol. The summed E-state index contributed by atoms with van der Waals surface area (Å²) in [5.41, 5.74) is 6.61. The fourth-order valence-electron chi connectivity index (χ4n) is 1.59. The second kappa shape index (κ2) is 7.84. The van der Waals surface area contributed by atoms with Gasteiger partial charge in [0.05, 0.1) is 0 Å². The van der Waals surface area contributed by atoms with Crippen molar-refractivity contribution in [1.29, 1.82) is 0 Å². The molecular formula is C14H21NO3. The van der Waals surface area contributed by atoms with E-state index in [0.29, 0.717) is 6.42 Å². The van der Waals surface area contributed by atoms with Crippen molar-refractivity contribution < 1.29 is 14.6 Å². The Morgan fingerprint density at radius 1 is 1.39 bits per heavy atom. The molecule has 0 aliphatic rings. The largest absolute Gasteiger partial charge is 0.459 e. The molecule has 0 saturated carbocycles. The van der Waals surface area contributed by atoms with E-state index in [0.717, 1.165) is 18.4 Å². The molecule has 2 atom stereocenters. The first-order chi connectivity index (χ1) is 8.65. The molecule has 0 aliphatic heterocycles. The van der Waals surface area contributed by atoms with Crippen molar-refractivity contribution in [2.45, 2.75) is 44.9 Å². The average Bonchev–Trinajstić information content (AvgIpc) is 2.42. The molecule has 0 fully saturated rings. The van der Waals surface area contributed by atoms with Gasteiger partial charge in [-0.15, -0.1) is 0 Å². The van der Waals surface area contributed by atoms with Gasteiger partial charge in [0.15, 0.2) is 6.10 Å². The van der Waals surface area contributed by atoms with Crippen LogP contribution in [0.4, 0.5) is 0 Å². The molecule has 3 N–H and O–H groups in total. The van der Waals surface area contributed by atoms with E-state index in [4.69, 9.17) is 10.5 Å². The van der Waals surface area contributed by atoms with E-state index in [2.05, 4.69) is 0 Å². The Hall–Kier alpha value is -1.39. The normalized spacial score (nSPS) is 13.9. The van der Waals surface area contributed by atoms with Crippen molar-refractivity contribution in [3.05, 3.63) is 35.9 Å². The Labute approximate surface area is 108 Å². The molecule has 0 aliphatic carbocycles. The molecule has 0 saturated heterocycles. The number of nitrogens with two attached hydrogens (primary N) is 1. The van der Waals surface area contributed by atoms with Gasteiger partial charge in [-0.2, -0.15) is 0 Å². The van der Waals surface area contributed by atoms with Crippen LogP contribution < -0.4 is 5.73 Å². The third kappa shape index (κ3) is 4.85. The number of hydrogen-bond donors (Lipinski definition) is 2. The van der Waals surface area contributed by atoms with Gasteiger partial charge in [-0.25, -0.2) is 4.79 Å². The first-order valence-corrected chi connectivity index (χ1v) is 6.29. The van der Waals surface area contributed by atoms with Crippen molar-refractivity contribution >= 4 is 5.97 Å². The summed E-state index contributed by atoms with van der Waals surface area (Å²) in [4.78, 5) is 11.6. The van der Waals surface area contributed by atoms with Gasteiger partial charge in [-0.1, -0.05) is 50.1 Å². The lowest BCUT2D eigenvalue weighted by molar-refractivity contribution is -0.156. The molecule has 18 heavy (non-hydrogen) atoms. The summed E-state index contributed by atoms with van der Waals surface area (Å²) < 4.78 is 5.02. The van der Waals surface area contributed by atoms with E-state index in [1.165, 1.54) is 0 Å². The maximum atomic E-state index is 11.6. The summed E-state index contributed by atoms with van der Waals surface area (Å²) >= 11 is 0. The van der Waals surface area contributed by atoms with Crippen LogP contribution in [0, 0.1) is 0 Å². The highest BCUT2D eigenvalue weighted by molar-refractivity contribution is 5.75. The Balaban J connectivity index is 2.36. The van der Waals surface area contributed by atoms with Crippen molar-refractivity contribution in [3.63, 3.8) is 0 Å². The molecule has 1 aromatic rings. The van der Waals surface area contributed by atoms with Crippen molar-refractivity contribution in [3.8, 4) is 0 Å². The first-order valence-electron chi connectivity index (χ1n) is 6.29. The maximum Gasteiger partial charge on any atom is 0.336 e. The smallest absolute Gasteiger partial charge is 0.336 e. The molecule has 0 spiro atoms. The first kappa shape index (κ1) is 14.7. The minimum atomic E-state index is -1.24. The molecule has 0 amide bonds. The Morgan fingerprint density at radius 3 is 2.67 bits per heavy atom. The minimum Gasteiger partial charge on any atom is -0.459 e. The van der Waals surface area contributed by atoms with E-state index < -0.39 is 18.1 Å². The van der Waals surface area contributed by atoms with Gasteiger partial charge < -0.3 is 15.6 Å². The molecule has 0 bridgehead atoms. The van der Waals surface area contributed by atoms with Gasteiger partial charge in [-0.05, 0) is 12.0 Å². The van der Waals surface area contributed by atoms with Crippen LogP contribution in [-0.4, -0.2) is 23.2 Å². The maximum absolute atomic E-state index is 11.6. The second-order valence-corrected chi connectivity index (χ2v) is 4.34. The van der Waals surface area contributed by atoms with E-state index in [1.54, 1.807) is 0 Å². The molecule has 4 nitrogen and oxygen atoms in total. The van der Waals surface area contributed by atoms with Crippen molar-refractivity contribution in [2.24, 2.45) is 5.73 Å². The van der Waals surface area contributed by atoms with Crippen LogP contribution in [0.5, 0.6) is 0 Å². The SMILES string of the molecule is CCCCC(N)C(O)C(=O)OCc1ccccc1. The number of carbonyl (C=O) groups excluding carboxylic acids is 1. The third-order valence-electron chi connectivity index (χ3n) is 2.76. The zero-order valence-corrected chi connectivity index (χ0v) is 10.7. The number of unbranched alkanes of at least 4 members (excludes halogenated alkanes) is 1. The summed E-state index contributed by atoms with van der Waals surface area (Å²) in [7, 11) is 0. The summed E-state index contributed by atoms with van der Waals surface area (Å²) in [6, 6.07) is 8.79. The van der Waals surface area contributed by atoms with Gasteiger partial charge in [0.2, 0.25) is 0 Å². The lowest BCUT2D eigenvalue weighted by atomic mass is 10.1. The summed E-state index contributed by atoms with van der Waals surface area (Å²) in [6.07, 6.45) is 1.27. The lowest BCUT2D eigenvalue weighted by Crippen LogP contribution is -2.41. The van der Waals surface area contributed by atoms with E-state index in [1.807, 2.05) is 37.3 Å². The van der Waals surface area contributed by atoms with Gasteiger partial charge in [0.25, 0.3) is 0 Å². The van der Waals surface area contributed by atoms with E-state index >= 15 is 0 Å². The number of esters is 1. The van der Waals surface area contributed by atoms with Crippen LogP contribution in [0.2, 0.25) is 0 Å². The van der Waals surface area contributed by atoms with Crippen LogP contribution in [-0.2, 0) is 16.1 Å². The van der Waals surface area contributed by atoms with Crippen molar-refractivity contribution in [2.75, 3.05) is 0 Å². The van der Waals surface area contributed by atoms with Crippen LogP contribution in [0.15, 0.2) is 30.3 Å². The summed E-state index contributed by atoms with van der Waals surface area (Å²) in [6.45, 7) is 2.20. The predicted molar refractivity (Wildman–Crippen MR) is 69.7 cm³/mol. The summed E-state index contributed by atoms with van der Waals surface area (Å²) in [5, 5.41) is 9.69. The number of benzene rings is 1. The fraction of sp³-hybridized carbons (Fsp3) is 0.500. The number of hydrogen-bond acceptors (Lipinski definition) is 4.